The van der Waals surface area contributed by atoms with Crippen molar-refractivity contribution >= 4 is 5.91 Å². The summed E-state index contributed by atoms with van der Waals surface area (Å²) in [5.74, 6) is 1.43. The number of fused-ring (bicyclic) bond motifs is 1. The fourth-order valence-electron chi connectivity index (χ4n) is 2.56. The summed E-state index contributed by atoms with van der Waals surface area (Å²) in [6, 6.07) is 0. The summed E-state index contributed by atoms with van der Waals surface area (Å²) in [4.78, 5) is 12.8. The van der Waals surface area contributed by atoms with Crippen LogP contribution in [0.25, 0.3) is 0 Å². The molecule has 1 amide bonds. The van der Waals surface area contributed by atoms with E-state index in [-0.39, 0.29) is 5.91 Å². The van der Waals surface area contributed by atoms with Gasteiger partial charge < -0.3 is 5.73 Å². The molecular formula is C9H16N2O. The molecule has 0 bridgehead atoms. The molecule has 0 spiro atoms. The molecule has 2 aliphatic rings. The maximum absolute atomic E-state index is 10.6. The SMILES string of the molecule is CC1(C)C2CN(CC(N)=O)CC21. The van der Waals surface area contributed by atoms with Crippen molar-refractivity contribution in [2.24, 2.45) is 23.0 Å². The van der Waals surface area contributed by atoms with Gasteiger partial charge in [0.15, 0.2) is 0 Å². The van der Waals surface area contributed by atoms with Crippen LogP contribution >= 0.6 is 0 Å². The second-order valence-corrected chi connectivity index (χ2v) is 4.69. The minimum Gasteiger partial charge on any atom is -0.369 e. The Kier molecular flexibility index (Phi) is 1.49. The molecule has 2 rings (SSSR count). The first kappa shape index (κ1) is 8.05. The summed E-state index contributed by atoms with van der Waals surface area (Å²) in [5.41, 5.74) is 5.66. The lowest BCUT2D eigenvalue weighted by atomic mass is 10.1. The fraction of sp³-hybridized carbons (Fsp3) is 0.889. The molecule has 2 fully saturated rings. The molecule has 2 atom stereocenters. The summed E-state index contributed by atoms with van der Waals surface area (Å²) in [7, 11) is 0. The van der Waals surface area contributed by atoms with Crippen LogP contribution in [-0.4, -0.2) is 30.4 Å². The molecule has 1 aliphatic carbocycles. The van der Waals surface area contributed by atoms with Crippen LogP contribution in [0.4, 0.5) is 0 Å². The first-order chi connectivity index (χ1) is 5.51. The maximum atomic E-state index is 10.6. The lowest BCUT2D eigenvalue weighted by molar-refractivity contribution is -0.119. The van der Waals surface area contributed by atoms with Crippen LogP contribution in [0.2, 0.25) is 0 Å². The predicted octanol–water partition coefficient (Wildman–Crippen LogP) is 0.0595. The monoisotopic (exact) mass is 168 g/mol. The molecule has 2 unspecified atom stereocenters. The molecule has 12 heavy (non-hydrogen) atoms. The van der Waals surface area contributed by atoms with E-state index in [9.17, 15) is 4.79 Å². The molecule has 68 valence electrons. The quantitative estimate of drug-likeness (QED) is 0.633. The normalized spacial score (nSPS) is 37.8. The van der Waals surface area contributed by atoms with Crippen LogP contribution in [0.1, 0.15) is 13.8 Å². The molecule has 1 heterocycles. The number of carbonyl (C=O) groups is 1. The van der Waals surface area contributed by atoms with Gasteiger partial charge in [0, 0.05) is 13.1 Å². The molecule has 1 saturated carbocycles. The first-order valence-electron chi connectivity index (χ1n) is 4.52. The molecule has 1 saturated heterocycles. The topological polar surface area (TPSA) is 46.3 Å². The standard InChI is InChI=1S/C9H16N2O/c1-9(2)6-3-11(4-7(6)9)5-8(10)12/h6-7H,3-5H2,1-2H3,(H2,10,12). The van der Waals surface area contributed by atoms with E-state index in [1.807, 2.05) is 0 Å². The number of hydrogen-bond donors (Lipinski definition) is 1. The van der Waals surface area contributed by atoms with Crippen LogP contribution in [-0.2, 0) is 4.79 Å². The van der Waals surface area contributed by atoms with Crippen molar-refractivity contribution in [3.05, 3.63) is 0 Å². The predicted molar refractivity (Wildman–Crippen MR) is 46.4 cm³/mol. The van der Waals surface area contributed by atoms with Gasteiger partial charge in [0.2, 0.25) is 5.91 Å². The van der Waals surface area contributed by atoms with Gasteiger partial charge >= 0.3 is 0 Å². The fourth-order valence-corrected chi connectivity index (χ4v) is 2.56. The Labute approximate surface area is 72.9 Å². The molecule has 2 N–H and O–H groups in total. The van der Waals surface area contributed by atoms with Gasteiger partial charge in [-0.3, -0.25) is 9.69 Å². The molecule has 1 aliphatic heterocycles. The van der Waals surface area contributed by atoms with E-state index >= 15 is 0 Å². The van der Waals surface area contributed by atoms with E-state index in [2.05, 4.69) is 18.7 Å². The van der Waals surface area contributed by atoms with E-state index in [1.165, 1.54) is 0 Å². The Morgan fingerprint density at radius 3 is 2.42 bits per heavy atom. The third kappa shape index (κ3) is 1.04. The van der Waals surface area contributed by atoms with E-state index in [0.717, 1.165) is 24.9 Å². The number of primary amides is 1. The Morgan fingerprint density at radius 2 is 2.00 bits per heavy atom. The van der Waals surface area contributed by atoms with E-state index in [0.29, 0.717) is 12.0 Å². The molecule has 3 heteroatoms. The van der Waals surface area contributed by atoms with Crippen molar-refractivity contribution < 1.29 is 4.79 Å². The van der Waals surface area contributed by atoms with Gasteiger partial charge in [-0.2, -0.15) is 0 Å². The van der Waals surface area contributed by atoms with Gasteiger partial charge in [0.25, 0.3) is 0 Å². The molecule has 0 aromatic rings. The average Bonchev–Trinajstić information content (AvgIpc) is 2.38. The van der Waals surface area contributed by atoms with Crippen molar-refractivity contribution in [3.63, 3.8) is 0 Å². The summed E-state index contributed by atoms with van der Waals surface area (Å²) in [5, 5.41) is 0. The third-order valence-electron chi connectivity index (χ3n) is 3.58. The van der Waals surface area contributed by atoms with Gasteiger partial charge in [-0.25, -0.2) is 0 Å². The van der Waals surface area contributed by atoms with Crippen LogP contribution in [0.15, 0.2) is 0 Å². The van der Waals surface area contributed by atoms with E-state index < -0.39 is 0 Å². The maximum Gasteiger partial charge on any atom is 0.231 e. The molecule has 0 aromatic heterocycles. The lowest BCUT2D eigenvalue weighted by Crippen LogP contribution is -2.34. The van der Waals surface area contributed by atoms with Crippen molar-refractivity contribution in [1.29, 1.82) is 0 Å². The summed E-state index contributed by atoms with van der Waals surface area (Å²) in [6.07, 6.45) is 0. The zero-order valence-corrected chi connectivity index (χ0v) is 7.71. The Morgan fingerprint density at radius 1 is 1.50 bits per heavy atom. The summed E-state index contributed by atoms with van der Waals surface area (Å²) >= 11 is 0. The molecule has 0 aromatic carbocycles. The third-order valence-corrected chi connectivity index (χ3v) is 3.58. The number of nitrogens with two attached hydrogens (primary N) is 1. The minimum atomic E-state index is -0.200. The second-order valence-electron chi connectivity index (χ2n) is 4.69. The number of rotatable bonds is 2. The summed E-state index contributed by atoms with van der Waals surface area (Å²) in [6.45, 7) is 7.21. The number of hydrogen-bond acceptors (Lipinski definition) is 2. The van der Waals surface area contributed by atoms with Crippen LogP contribution < -0.4 is 5.73 Å². The second kappa shape index (κ2) is 2.22. The number of piperidine rings is 1. The van der Waals surface area contributed by atoms with Crippen LogP contribution in [0, 0.1) is 17.3 Å². The Hall–Kier alpha value is -0.570. The van der Waals surface area contributed by atoms with Gasteiger partial charge in [-0.1, -0.05) is 13.8 Å². The minimum absolute atomic E-state index is 0.200. The molecule has 0 radical (unpaired) electrons. The highest BCUT2D eigenvalue weighted by Crippen LogP contribution is 2.61. The highest BCUT2D eigenvalue weighted by Gasteiger charge is 2.61. The van der Waals surface area contributed by atoms with Gasteiger partial charge in [0.1, 0.15) is 0 Å². The van der Waals surface area contributed by atoms with E-state index in [4.69, 9.17) is 5.73 Å². The zero-order valence-electron chi connectivity index (χ0n) is 7.71. The highest BCUT2D eigenvalue weighted by molar-refractivity contribution is 5.76. The first-order valence-corrected chi connectivity index (χ1v) is 4.52. The van der Waals surface area contributed by atoms with Crippen molar-refractivity contribution in [2.75, 3.05) is 19.6 Å². The average molecular weight is 168 g/mol. The summed E-state index contributed by atoms with van der Waals surface area (Å²) < 4.78 is 0. The molecular weight excluding hydrogens is 152 g/mol. The van der Waals surface area contributed by atoms with E-state index in [1.54, 1.807) is 0 Å². The van der Waals surface area contributed by atoms with Gasteiger partial charge in [-0.05, 0) is 17.3 Å². The van der Waals surface area contributed by atoms with Crippen molar-refractivity contribution in [1.82, 2.24) is 4.90 Å². The zero-order chi connectivity index (χ0) is 8.93. The van der Waals surface area contributed by atoms with Crippen molar-refractivity contribution in [3.8, 4) is 0 Å². The number of amides is 1. The van der Waals surface area contributed by atoms with Crippen LogP contribution in [0.5, 0.6) is 0 Å². The largest absolute Gasteiger partial charge is 0.369 e. The number of nitrogens with zero attached hydrogens (tertiary/aromatic N) is 1. The van der Waals surface area contributed by atoms with Gasteiger partial charge in [-0.15, -0.1) is 0 Å². The lowest BCUT2D eigenvalue weighted by Gasteiger charge is -2.19. The number of carbonyl (C=O) groups excluding carboxylic acids is 1. The highest BCUT2D eigenvalue weighted by atomic mass is 16.1. The van der Waals surface area contributed by atoms with Gasteiger partial charge in [0.05, 0.1) is 6.54 Å². The molecule has 3 nitrogen and oxygen atoms in total. The Balaban J connectivity index is 1.86. The Bertz CT molecular complexity index is 211. The number of likely N-dealkylation sites (tertiary alicyclic amines) is 1. The smallest absolute Gasteiger partial charge is 0.231 e. The van der Waals surface area contributed by atoms with Crippen LogP contribution in [0.3, 0.4) is 0 Å². The van der Waals surface area contributed by atoms with Crippen molar-refractivity contribution in [2.45, 2.75) is 13.8 Å².